The van der Waals surface area contributed by atoms with Crippen LogP contribution >= 0.6 is 29.3 Å². The lowest BCUT2D eigenvalue weighted by molar-refractivity contribution is 0.125. The van der Waals surface area contributed by atoms with Gasteiger partial charge in [0.25, 0.3) is 0 Å². The summed E-state index contributed by atoms with van der Waals surface area (Å²) in [5.41, 5.74) is 0. The second kappa shape index (κ2) is 6.63. The number of hydrogen-bond donors (Lipinski definition) is 1. The zero-order valence-corrected chi connectivity index (χ0v) is 8.16. The second-order valence-electron chi connectivity index (χ2n) is 2.04. The Kier molecular flexibility index (Phi) is 7.24. The first-order chi connectivity index (χ1) is 4.63. The maximum Gasteiger partial charge on any atom is 0.222 e. The van der Waals surface area contributed by atoms with Gasteiger partial charge < -0.3 is 9.63 Å². The molecule has 1 fully saturated rings. The molecule has 1 aliphatic rings. The van der Waals surface area contributed by atoms with E-state index in [1.54, 1.807) is 0 Å². The van der Waals surface area contributed by atoms with Crippen LogP contribution in [0.15, 0.2) is 0 Å². The van der Waals surface area contributed by atoms with Crippen LogP contribution in [0.25, 0.3) is 0 Å². The first kappa shape index (κ1) is 10.9. The highest BCUT2D eigenvalue weighted by atomic mass is 35.9. The van der Waals surface area contributed by atoms with Crippen molar-refractivity contribution in [3.05, 3.63) is 0 Å². The number of hydrogen-bond acceptors (Lipinski definition) is 2. The zero-order chi connectivity index (χ0) is 7.98. The first-order valence-electron chi connectivity index (χ1n) is 3.05. The molecule has 1 saturated heterocycles. The van der Waals surface area contributed by atoms with Gasteiger partial charge in [-0.05, 0) is 42.2 Å². The molecular weight excluding hydrogens is 194 g/mol. The molecule has 0 aromatic heterocycles. The number of halogens is 2. The van der Waals surface area contributed by atoms with Gasteiger partial charge in [0.2, 0.25) is 6.85 Å². The molecule has 1 heterocycles. The summed E-state index contributed by atoms with van der Waals surface area (Å²) in [7, 11) is 0. The maximum absolute atomic E-state index is 7.65. The summed E-state index contributed by atoms with van der Waals surface area (Å²) < 4.78 is 5.15. The zero-order valence-electron chi connectivity index (χ0n) is 5.76. The van der Waals surface area contributed by atoms with Crippen molar-refractivity contribution in [1.29, 1.82) is 0 Å². The van der Waals surface area contributed by atoms with Crippen LogP contribution in [0.3, 0.4) is 0 Å². The monoisotopic (exact) mass is 204 g/mol. The van der Waals surface area contributed by atoms with Crippen molar-refractivity contribution in [3.8, 4) is 0 Å². The van der Waals surface area contributed by atoms with E-state index in [4.69, 9.17) is 9.63 Å². The Bertz CT molecular complexity index is 73.3. The SMILES string of the molecule is CC1CCCO1.OP(Cl)Cl. The molecule has 0 bridgehead atoms. The van der Waals surface area contributed by atoms with Crippen molar-refractivity contribution < 1.29 is 9.63 Å². The lowest BCUT2D eigenvalue weighted by Crippen LogP contribution is -1.94. The standard InChI is InChI=1S/C5H10O.Cl2HOP/c1-5-3-2-4-6-5;1-4(2)3/h5H,2-4H2,1H3;3H. The van der Waals surface area contributed by atoms with Gasteiger partial charge in [-0.1, -0.05) is 0 Å². The predicted molar refractivity (Wildman–Crippen MR) is 45.5 cm³/mol. The Labute approximate surface area is 71.9 Å². The summed E-state index contributed by atoms with van der Waals surface area (Å²) in [5.74, 6) is 0. The third kappa shape index (κ3) is 8.93. The normalized spacial score (nSPS) is 24.3. The molecule has 1 rings (SSSR count). The van der Waals surface area contributed by atoms with Crippen molar-refractivity contribution in [2.75, 3.05) is 6.61 Å². The van der Waals surface area contributed by atoms with E-state index in [1.807, 2.05) is 0 Å². The van der Waals surface area contributed by atoms with Crippen LogP contribution < -0.4 is 0 Å². The molecule has 0 aromatic carbocycles. The molecule has 2 nitrogen and oxygen atoms in total. The second-order valence-corrected chi connectivity index (χ2v) is 4.91. The van der Waals surface area contributed by atoms with Crippen molar-refractivity contribution >= 4 is 29.3 Å². The lowest BCUT2D eigenvalue weighted by Gasteiger charge is -1.94. The van der Waals surface area contributed by atoms with Gasteiger partial charge in [0.05, 0.1) is 6.10 Å². The fraction of sp³-hybridized carbons (Fsp3) is 1.00. The highest BCUT2D eigenvalue weighted by Crippen LogP contribution is 2.40. The van der Waals surface area contributed by atoms with E-state index in [1.165, 1.54) is 12.8 Å². The van der Waals surface area contributed by atoms with Gasteiger partial charge in [-0.2, -0.15) is 0 Å². The van der Waals surface area contributed by atoms with Gasteiger partial charge in [0, 0.05) is 6.61 Å². The Morgan fingerprint density at radius 3 is 2.20 bits per heavy atom. The number of ether oxygens (including phenoxy) is 1. The number of rotatable bonds is 0. The van der Waals surface area contributed by atoms with Crippen LogP contribution in [0.2, 0.25) is 0 Å². The maximum atomic E-state index is 7.65. The Morgan fingerprint density at radius 2 is 2.10 bits per heavy atom. The summed E-state index contributed by atoms with van der Waals surface area (Å²) in [6, 6.07) is 0. The average Bonchev–Trinajstić information content (AvgIpc) is 2.15. The Balaban J connectivity index is 0.000000180. The molecule has 62 valence electrons. The van der Waals surface area contributed by atoms with Crippen LogP contribution in [0, 0.1) is 0 Å². The van der Waals surface area contributed by atoms with E-state index >= 15 is 0 Å². The van der Waals surface area contributed by atoms with Gasteiger partial charge in [-0.3, -0.25) is 0 Å². The highest BCUT2D eigenvalue weighted by Gasteiger charge is 2.07. The topological polar surface area (TPSA) is 29.5 Å². The third-order valence-corrected chi connectivity index (χ3v) is 1.16. The van der Waals surface area contributed by atoms with Crippen LogP contribution in [-0.4, -0.2) is 17.6 Å². The van der Waals surface area contributed by atoms with Crippen LogP contribution in [0.4, 0.5) is 0 Å². The fourth-order valence-electron chi connectivity index (χ4n) is 0.739. The smallest absolute Gasteiger partial charge is 0.222 e. The minimum Gasteiger partial charge on any atom is -0.379 e. The van der Waals surface area contributed by atoms with E-state index < -0.39 is 6.85 Å². The molecule has 0 spiro atoms. The molecule has 10 heavy (non-hydrogen) atoms. The summed E-state index contributed by atoms with van der Waals surface area (Å²) in [5, 5.41) is 0. The summed E-state index contributed by atoms with van der Waals surface area (Å²) in [4.78, 5) is 7.65. The van der Waals surface area contributed by atoms with Crippen molar-refractivity contribution in [2.24, 2.45) is 0 Å². The van der Waals surface area contributed by atoms with Crippen LogP contribution in [0.1, 0.15) is 19.8 Å². The van der Waals surface area contributed by atoms with Crippen molar-refractivity contribution in [1.82, 2.24) is 0 Å². The fourth-order valence-corrected chi connectivity index (χ4v) is 0.739. The summed E-state index contributed by atoms with van der Waals surface area (Å²) >= 11 is 9.32. The van der Waals surface area contributed by atoms with Gasteiger partial charge >= 0.3 is 0 Å². The van der Waals surface area contributed by atoms with Gasteiger partial charge in [-0.15, -0.1) is 0 Å². The van der Waals surface area contributed by atoms with E-state index in [9.17, 15) is 0 Å². The van der Waals surface area contributed by atoms with E-state index in [0.717, 1.165) is 6.61 Å². The quantitative estimate of drug-likeness (QED) is 0.616. The molecule has 0 aliphatic carbocycles. The molecule has 1 N–H and O–H groups in total. The van der Waals surface area contributed by atoms with Crippen molar-refractivity contribution in [3.63, 3.8) is 0 Å². The predicted octanol–water partition coefficient (Wildman–Crippen LogP) is 2.87. The third-order valence-electron chi connectivity index (χ3n) is 1.16. The largest absolute Gasteiger partial charge is 0.379 e. The first-order valence-corrected chi connectivity index (χ1v) is 6.15. The lowest BCUT2D eigenvalue weighted by atomic mass is 10.3. The van der Waals surface area contributed by atoms with Gasteiger partial charge in [0.15, 0.2) is 0 Å². The molecule has 0 saturated carbocycles. The van der Waals surface area contributed by atoms with Crippen LogP contribution in [0.5, 0.6) is 0 Å². The molecule has 1 unspecified atom stereocenters. The molecule has 1 atom stereocenters. The molecule has 5 heteroatoms. The summed E-state index contributed by atoms with van der Waals surface area (Å²) in [6.07, 6.45) is 3.08. The Morgan fingerprint density at radius 1 is 1.60 bits per heavy atom. The molecule has 0 amide bonds. The molecule has 0 aromatic rings. The van der Waals surface area contributed by atoms with E-state index in [0.29, 0.717) is 6.10 Å². The van der Waals surface area contributed by atoms with E-state index in [-0.39, 0.29) is 0 Å². The van der Waals surface area contributed by atoms with Crippen molar-refractivity contribution in [2.45, 2.75) is 25.9 Å². The molecule has 0 radical (unpaired) electrons. The summed E-state index contributed by atoms with van der Waals surface area (Å²) in [6.45, 7) is 1.43. The van der Waals surface area contributed by atoms with Gasteiger partial charge in [-0.25, -0.2) is 0 Å². The highest BCUT2D eigenvalue weighted by molar-refractivity contribution is 7.99. The average molecular weight is 205 g/mol. The van der Waals surface area contributed by atoms with E-state index in [2.05, 4.69) is 29.4 Å². The Hall–Kier alpha value is 0.930. The van der Waals surface area contributed by atoms with Gasteiger partial charge in [0.1, 0.15) is 0 Å². The molecule has 1 aliphatic heterocycles. The van der Waals surface area contributed by atoms with Crippen LogP contribution in [-0.2, 0) is 4.74 Å². The molecular formula is C5H11Cl2O2P. The minimum atomic E-state index is -1.68. The minimum absolute atomic E-state index is 0.546.